The third kappa shape index (κ3) is 3.46. The van der Waals surface area contributed by atoms with Gasteiger partial charge in [0.1, 0.15) is 12.4 Å². The van der Waals surface area contributed by atoms with Crippen LogP contribution < -0.4 is 11.2 Å². The van der Waals surface area contributed by atoms with E-state index in [4.69, 9.17) is 5.11 Å². The molecule has 0 aliphatic carbocycles. The van der Waals surface area contributed by atoms with E-state index in [-0.39, 0.29) is 13.2 Å². The number of H-pyrrole nitrogens is 1. The van der Waals surface area contributed by atoms with Crippen LogP contribution >= 0.6 is 0 Å². The predicted octanol–water partition coefficient (Wildman–Crippen LogP) is 0.376. The summed E-state index contributed by atoms with van der Waals surface area (Å²) < 4.78 is 14.6. The average Bonchev–Trinajstić information content (AvgIpc) is 2.44. The van der Waals surface area contributed by atoms with E-state index in [1.54, 1.807) is 6.92 Å². The van der Waals surface area contributed by atoms with Crippen LogP contribution in [0.1, 0.15) is 16.7 Å². The number of aliphatic hydroxyl groups excluding tert-OH is 1. The van der Waals surface area contributed by atoms with Crippen LogP contribution in [-0.2, 0) is 6.54 Å². The molecule has 0 atom stereocenters. The highest BCUT2D eigenvalue weighted by molar-refractivity contribution is 5.42. The first-order valence-electron chi connectivity index (χ1n) is 6.20. The largest absolute Gasteiger partial charge is 0.384 e. The van der Waals surface area contributed by atoms with Crippen molar-refractivity contribution >= 4 is 0 Å². The molecular formula is C15H13FN2O3. The molecule has 0 fully saturated rings. The zero-order chi connectivity index (χ0) is 15.4. The number of aromatic amines is 1. The van der Waals surface area contributed by atoms with E-state index >= 15 is 0 Å². The van der Waals surface area contributed by atoms with Gasteiger partial charge in [0.2, 0.25) is 0 Å². The Balaban J connectivity index is 2.47. The van der Waals surface area contributed by atoms with E-state index in [0.717, 1.165) is 0 Å². The molecule has 6 heteroatoms. The summed E-state index contributed by atoms with van der Waals surface area (Å²) in [6, 6.07) is 4.02. The lowest BCUT2D eigenvalue weighted by Crippen LogP contribution is -2.31. The quantitative estimate of drug-likeness (QED) is 0.784. The van der Waals surface area contributed by atoms with Crippen LogP contribution in [0, 0.1) is 24.6 Å². The Kier molecular flexibility index (Phi) is 4.36. The molecule has 0 spiro atoms. The van der Waals surface area contributed by atoms with Crippen molar-refractivity contribution in [2.45, 2.75) is 13.5 Å². The summed E-state index contributed by atoms with van der Waals surface area (Å²) >= 11 is 0. The van der Waals surface area contributed by atoms with Gasteiger partial charge < -0.3 is 5.11 Å². The van der Waals surface area contributed by atoms with Gasteiger partial charge in [-0.05, 0) is 24.6 Å². The van der Waals surface area contributed by atoms with Crippen molar-refractivity contribution in [2.75, 3.05) is 6.61 Å². The fourth-order valence-corrected chi connectivity index (χ4v) is 1.86. The minimum atomic E-state index is -0.545. The molecule has 5 nitrogen and oxygen atoms in total. The molecule has 2 N–H and O–H groups in total. The van der Waals surface area contributed by atoms with Crippen LogP contribution in [0.25, 0.3) is 0 Å². The molecule has 2 rings (SSSR count). The normalized spacial score (nSPS) is 10.0. The van der Waals surface area contributed by atoms with Crippen molar-refractivity contribution in [1.29, 1.82) is 0 Å². The Morgan fingerprint density at radius 1 is 1.38 bits per heavy atom. The van der Waals surface area contributed by atoms with Crippen molar-refractivity contribution < 1.29 is 9.50 Å². The number of nitrogens with one attached hydrogen (secondary N) is 1. The molecule has 0 amide bonds. The zero-order valence-corrected chi connectivity index (χ0v) is 11.3. The second kappa shape index (κ2) is 6.20. The summed E-state index contributed by atoms with van der Waals surface area (Å²) in [4.78, 5) is 25.3. The number of hydrogen-bond acceptors (Lipinski definition) is 3. The lowest BCUT2D eigenvalue weighted by molar-refractivity contribution is 0.350. The van der Waals surface area contributed by atoms with Crippen LogP contribution in [-0.4, -0.2) is 21.3 Å². The van der Waals surface area contributed by atoms with E-state index in [1.165, 1.54) is 29.0 Å². The van der Waals surface area contributed by atoms with Gasteiger partial charge in [0, 0.05) is 17.3 Å². The Hall–Kier alpha value is -2.65. The third-order valence-electron chi connectivity index (χ3n) is 2.90. The number of hydrogen-bond donors (Lipinski definition) is 2. The van der Waals surface area contributed by atoms with Gasteiger partial charge in [0.25, 0.3) is 5.56 Å². The number of aryl methyl sites for hydroxylation is 1. The number of nitrogens with zero attached hydrogens (tertiary/aromatic N) is 1. The van der Waals surface area contributed by atoms with Crippen LogP contribution in [0.5, 0.6) is 0 Å². The lowest BCUT2D eigenvalue weighted by atomic mass is 10.1. The van der Waals surface area contributed by atoms with Gasteiger partial charge in [-0.15, -0.1) is 0 Å². The van der Waals surface area contributed by atoms with Crippen molar-refractivity contribution in [3.8, 4) is 11.8 Å². The number of aromatic nitrogens is 2. The van der Waals surface area contributed by atoms with Gasteiger partial charge in [-0.2, -0.15) is 0 Å². The van der Waals surface area contributed by atoms with Crippen LogP contribution in [0.15, 0.2) is 34.0 Å². The second-order valence-corrected chi connectivity index (χ2v) is 4.46. The van der Waals surface area contributed by atoms with Crippen molar-refractivity contribution in [3.05, 3.63) is 67.7 Å². The number of aliphatic hydroxyl groups is 1. The SMILES string of the molecule is Cc1cn(Cc2ccc(F)cc2C#CCO)c(=O)[nH]c1=O. The van der Waals surface area contributed by atoms with E-state index in [2.05, 4.69) is 16.8 Å². The van der Waals surface area contributed by atoms with Crippen molar-refractivity contribution in [1.82, 2.24) is 9.55 Å². The minimum Gasteiger partial charge on any atom is -0.384 e. The Morgan fingerprint density at radius 2 is 2.14 bits per heavy atom. The van der Waals surface area contributed by atoms with Crippen LogP contribution in [0.3, 0.4) is 0 Å². The standard InChI is InChI=1S/C15H13FN2O3/c1-10-8-18(15(21)17-14(10)20)9-12-4-5-13(16)7-11(12)3-2-6-19/h4-5,7-8,19H,6,9H2,1H3,(H,17,20,21). The fraction of sp³-hybridized carbons (Fsp3) is 0.200. The highest BCUT2D eigenvalue weighted by atomic mass is 19.1. The molecule has 2 aromatic rings. The highest BCUT2D eigenvalue weighted by Crippen LogP contribution is 2.11. The maximum absolute atomic E-state index is 13.3. The predicted molar refractivity (Wildman–Crippen MR) is 75.5 cm³/mol. The first-order chi connectivity index (χ1) is 10.0. The van der Waals surface area contributed by atoms with Gasteiger partial charge >= 0.3 is 5.69 Å². The molecule has 0 aliphatic heterocycles. The molecule has 21 heavy (non-hydrogen) atoms. The molecule has 1 aromatic heterocycles. The fourth-order valence-electron chi connectivity index (χ4n) is 1.86. The number of rotatable bonds is 2. The number of benzene rings is 1. The maximum Gasteiger partial charge on any atom is 0.328 e. The zero-order valence-electron chi connectivity index (χ0n) is 11.3. The molecule has 0 unspecified atom stereocenters. The van der Waals surface area contributed by atoms with Gasteiger partial charge in [-0.25, -0.2) is 9.18 Å². The maximum atomic E-state index is 13.3. The Labute approximate surface area is 119 Å². The van der Waals surface area contributed by atoms with Crippen molar-refractivity contribution in [3.63, 3.8) is 0 Å². The molecule has 0 saturated carbocycles. The lowest BCUT2D eigenvalue weighted by Gasteiger charge is -2.08. The summed E-state index contributed by atoms with van der Waals surface area (Å²) in [6.07, 6.45) is 1.44. The molecule has 108 valence electrons. The summed E-state index contributed by atoms with van der Waals surface area (Å²) in [5, 5.41) is 8.73. The molecule has 1 aromatic carbocycles. The molecule has 0 saturated heterocycles. The van der Waals surface area contributed by atoms with Crippen molar-refractivity contribution in [2.24, 2.45) is 0 Å². The first kappa shape index (κ1) is 14.8. The first-order valence-corrected chi connectivity index (χ1v) is 6.20. The topological polar surface area (TPSA) is 75.1 Å². The van der Waals surface area contributed by atoms with Gasteiger partial charge in [-0.1, -0.05) is 17.9 Å². The van der Waals surface area contributed by atoms with Crippen LogP contribution in [0.4, 0.5) is 4.39 Å². The Bertz CT molecular complexity index is 840. The van der Waals surface area contributed by atoms with E-state index < -0.39 is 17.1 Å². The molecule has 0 bridgehead atoms. The molecule has 0 radical (unpaired) electrons. The average molecular weight is 288 g/mol. The van der Waals surface area contributed by atoms with Gasteiger partial charge in [0.05, 0.1) is 6.54 Å². The van der Waals surface area contributed by atoms with Gasteiger partial charge in [-0.3, -0.25) is 14.3 Å². The summed E-state index contributed by atoms with van der Waals surface area (Å²) in [5.41, 5.74) is 0.428. The number of halogens is 1. The minimum absolute atomic E-state index is 0.145. The second-order valence-electron chi connectivity index (χ2n) is 4.46. The van der Waals surface area contributed by atoms with E-state index in [1.807, 2.05) is 0 Å². The smallest absolute Gasteiger partial charge is 0.328 e. The Morgan fingerprint density at radius 3 is 2.86 bits per heavy atom. The van der Waals surface area contributed by atoms with Gasteiger partial charge in [0.15, 0.2) is 0 Å². The summed E-state index contributed by atoms with van der Waals surface area (Å²) in [5.74, 6) is 4.64. The molecular weight excluding hydrogens is 275 g/mol. The van der Waals surface area contributed by atoms with E-state index in [0.29, 0.717) is 16.7 Å². The third-order valence-corrected chi connectivity index (χ3v) is 2.90. The summed E-state index contributed by atoms with van der Waals surface area (Å²) in [7, 11) is 0. The molecule has 0 aliphatic rings. The molecule has 1 heterocycles. The summed E-state index contributed by atoms with van der Waals surface area (Å²) in [6.45, 7) is 1.39. The van der Waals surface area contributed by atoms with E-state index in [9.17, 15) is 14.0 Å². The monoisotopic (exact) mass is 288 g/mol. The van der Waals surface area contributed by atoms with Crippen LogP contribution in [0.2, 0.25) is 0 Å². The highest BCUT2D eigenvalue weighted by Gasteiger charge is 2.06.